The van der Waals surface area contributed by atoms with Crippen LogP contribution in [0.5, 0.6) is 0 Å². The molecule has 0 spiro atoms. The van der Waals surface area contributed by atoms with Gasteiger partial charge in [-0.25, -0.2) is 0 Å². The second kappa shape index (κ2) is 7.90. The van der Waals surface area contributed by atoms with Gasteiger partial charge >= 0.3 is 0 Å². The number of nitrogens with one attached hydrogen (secondary N) is 1. The molecule has 1 N–H and O–H groups in total. The van der Waals surface area contributed by atoms with E-state index >= 15 is 0 Å². The summed E-state index contributed by atoms with van der Waals surface area (Å²) in [5, 5.41) is 13.1. The Morgan fingerprint density at radius 2 is 1.90 bits per heavy atom. The van der Waals surface area contributed by atoms with E-state index in [0.29, 0.717) is 5.56 Å². The monoisotopic (exact) mass is 330 g/mol. The molecule has 0 aliphatic rings. The Labute approximate surface area is 132 Å². The quantitative estimate of drug-likeness (QED) is 0.842. The minimum absolute atomic E-state index is 0.104. The van der Waals surface area contributed by atoms with Gasteiger partial charge in [0.15, 0.2) is 0 Å². The topological polar surface area (TPSA) is 78.5 Å². The Balaban J connectivity index is 3.14. The third kappa shape index (κ3) is 5.28. The van der Waals surface area contributed by atoms with Crippen LogP contribution in [0.4, 0.5) is 4.79 Å². The molecule has 0 aliphatic heterocycles. The van der Waals surface area contributed by atoms with E-state index in [9.17, 15) is 14.7 Å². The lowest BCUT2D eigenvalue weighted by atomic mass is 9.94. The van der Waals surface area contributed by atoms with Crippen LogP contribution in [0.25, 0.3) is 0 Å². The Morgan fingerprint density at radius 1 is 1.29 bits per heavy atom. The third-order valence-corrected chi connectivity index (χ3v) is 2.87. The number of benzene rings is 1. The van der Waals surface area contributed by atoms with E-state index in [1.165, 1.54) is 0 Å². The summed E-state index contributed by atoms with van der Waals surface area (Å²) < 4.78 is 4.67. The largest absolute Gasteiger partial charge is 0.541 e. The first-order valence-electron chi connectivity index (χ1n) is 6.11. The van der Waals surface area contributed by atoms with Crippen molar-refractivity contribution in [3.8, 4) is 0 Å². The highest BCUT2D eigenvalue weighted by atomic mass is 35.5. The number of hydrogen-bond acceptors (Lipinski definition) is 4. The Hall–Kier alpha value is -1.72. The lowest BCUT2D eigenvalue weighted by molar-refractivity contribution is -0.289. The number of carboxylic acid groups (broad SMARTS) is 1. The van der Waals surface area contributed by atoms with Gasteiger partial charge in [0.05, 0.1) is 6.10 Å². The van der Waals surface area contributed by atoms with Crippen LogP contribution < -0.4 is 10.4 Å². The van der Waals surface area contributed by atoms with E-state index in [-0.39, 0.29) is 16.0 Å². The predicted octanol–water partition coefficient (Wildman–Crippen LogP) is 2.75. The van der Waals surface area contributed by atoms with Crippen molar-refractivity contribution >= 4 is 35.3 Å². The van der Waals surface area contributed by atoms with Crippen molar-refractivity contribution in [1.82, 2.24) is 5.32 Å². The summed E-state index contributed by atoms with van der Waals surface area (Å²) in [5.41, 5.74) is 0.705. The molecule has 0 heterocycles. The molecule has 0 fully saturated rings. The summed E-state index contributed by atoms with van der Waals surface area (Å²) in [6.45, 7) is 3.55. The molecule has 5 nitrogen and oxygen atoms in total. The minimum Gasteiger partial charge on any atom is -0.541 e. The highest BCUT2D eigenvalue weighted by Gasteiger charge is 2.21. The fourth-order valence-electron chi connectivity index (χ4n) is 1.81. The van der Waals surface area contributed by atoms with Gasteiger partial charge in [0, 0.05) is 11.8 Å². The molecule has 0 aromatic heterocycles. The molecule has 1 atom stereocenters. The highest BCUT2D eigenvalue weighted by Crippen LogP contribution is 2.28. The molecule has 1 rings (SSSR count). The van der Waals surface area contributed by atoms with Gasteiger partial charge in [-0.3, -0.25) is 4.79 Å². The summed E-state index contributed by atoms with van der Waals surface area (Å²) in [6.07, 6.45) is -1.33. The van der Waals surface area contributed by atoms with Gasteiger partial charge in [-0.1, -0.05) is 55.2 Å². The van der Waals surface area contributed by atoms with Crippen molar-refractivity contribution in [3.05, 3.63) is 46.1 Å². The van der Waals surface area contributed by atoms with Crippen LogP contribution in [0.15, 0.2) is 35.0 Å². The molecule has 0 radical (unpaired) electrons. The van der Waals surface area contributed by atoms with E-state index in [2.05, 4.69) is 5.32 Å². The van der Waals surface area contributed by atoms with E-state index < -0.39 is 18.2 Å². The number of amides is 1. The fraction of sp³-hybridized carbons (Fsp3) is 0.286. The van der Waals surface area contributed by atoms with Crippen LogP contribution >= 0.6 is 23.2 Å². The van der Waals surface area contributed by atoms with Gasteiger partial charge in [-0.05, 0) is 17.5 Å². The second-order valence-electron chi connectivity index (χ2n) is 4.53. The van der Waals surface area contributed by atoms with Crippen molar-refractivity contribution in [2.75, 3.05) is 0 Å². The van der Waals surface area contributed by atoms with Gasteiger partial charge in [-0.2, -0.15) is 0 Å². The van der Waals surface area contributed by atoms with E-state index in [0.717, 1.165) is 6.20 Å². The number of halogens is 2. The SMILES string of the molecule is CC(C)C(OC(=O)[O-])c1ccccc1C(=O)NC=C(Cl)Cl. The van der Waals surface area contributed by atoms with E-state index in [1.807, 2.05) is 0 Å². The molecule has 0 saturated heterocycles. The molecule has 0 saturated carbocycles. The molecular formula is C14H14Cl2NO4-. The Morgan fingerprint density at radius 3 is 2.43 bits per heavy atom. The van der Waals surface area contributed by atoms with Crippen LogP contribution in [-0.2, 0) is 4.74 Å². The zero-order chi connectivity index (χ0) is 16.0. The molecule has 0 bridgehead atoms. The number of carbonyl (C=O) groups is 2. The lowest BCUT2D eigenvalue weighted by Crippen LogP contribution is -2.29. The van der Waals surface area contributed by atoms with Crippen molar-refractivity contribution in [1.29, 1.82) is 0 Å². The number of hydrogen-bond donors (Lipinski definition) is 1. The maximum Gasteiger partial charge on any atom is 0.255 e. The summed E-state index contributed by atoms with van der Waals surface area (Å²) in [6, 6.07) is 6.51. The highest BCUT2D eigenvalue weighted by molar-refractivity contribution is 6.55. The van der Waals surface area contributed by atoms with Crippen molar-refractivity contribution in [2.45, 2.75) is 20.0 Å². The Bertz CT molecular complexity index is 554. The molecular weight excluding hydrogens is 317 g/mol. The first-order chi connectivity index (χ1) is 9.82. The summed E-state index contributed by atoms with van der Waals surface area (Å²) in [4.78, 5) is 22.8. The summed E-state index contributed by atoms with van der Waals surface area (Å²) in [5.74, 6) is -0.652. The van der Waals surface area contributed by atoms with Gasteiger partial charge < -0.3 is 20.0 Å². The molecule has 1 amide bonds. The number of carbonyl (C=O) groups excluding carboxylic acids is 2. The average molecular weight is 331 g/mol. The zero-order valence-corrected chi connectivity index (χ0v) is 12.9. The first kappa shape index (κ1) is 17.3. The molecule has 7 heteroatoms. The summed E-state index contributed by atoms with van der Waals surface area (Å²) >= 11 is 10.9. The van der Waals surface area contributed by atoms with Crippen LogP contribution in [0.2, 0.25) is 0 Å². The van der Waals surface area contributed by atoms with Crippen molar-refractivity contribution in [3.63, 3.8) is 0 Å². The van der Waals surface area contributed by atoms with Crippen LogP contribution in [0.3, 0.4) is 0 Å². The first-order valence-corrected chi connectivity index (χ1v) is 6.87. The number of ether oxygens (including phenoxy) is 1. The normalized spacial score (nSPS) is 11.7. The van der Waals surface area contributed by atoms with Crippen LogP contribution in [-0.4, -0.2) is 12.1 Å². The predicted molar refractivity (Wildman–Crippen MR) is 77.8 cm³/mol. The third-order valence-electron chi connectivity index (χ3n) is 2.65. The van der Waals surface area contributed by atoms with Crippen LogP contribution in [0, 0.1) is 5.92 Å². The molecule has 1 aromatic rings. The van der Waals surface area contributed by atoms with Gasteiger partial charge in [0.1, 0.15) is 4.49 Å². The standard InChI is InChI=1S/C14H15Cl2NO4/c1-8(2)12(21-14(19)20)9-5-3-4-6-10(9)13(18)17-7-11(15)16/h3-8,12H,1-2H3,(H,17,18)(H,19,20)/p-1. The maximum atomic E-state index is 12.1. The van der Waals surface area contributed by atoms with Crippen molar-refractivity contribution in [2.24, 2.45) is 5.92 Å². The van der Waals surface area contributed by atoms with E-state index in [1.54, 1.807) is 38.1 Å². The molecule has 114 valence electrons. The zero-order valence-electron chi connectivity index (χ0n) is 11.4. The van der Waals surface area contributed by atoms with Gasteiger partial charge in [0.2, 0.25) is 0 Å². The second-order valence-corrected chi connectivity index (χ2v) is 5.54. The minimum atomic E-state index is -1.65. The fourth-order valence-corrected chi connectivity index (χ4v) is 1.92. The van der Waals surface area contributed by atoms with Gasteiger partial charge in [-0.15, -0.1) is 0 Å². The number of rotatable bonds is 5. The molecule has 1 unspecified atom stereocenters. The molecule has 21 heavy (non-hydrogen) atoms. The average Bonchev–Trinajstić information content (AvgIpc) is 2.41. The molecule has 1 aromatic carbocycles. The maximum absolute atomic E-state index is 12.1. The Kier molecular flexibility index (Phi) is 6.52. The van der Waals surface area contributed by atoms with E-state index in [4.69, 9.17) is 27.9 Å². The lowest BCUT2D eigenvalue weighted by Gasteiger charge is -2.27. The summed E-state index contributed by atoms with van der Waals surface area (Å²) in [7, 11) is 0. The van der Waals surface area contributed by atoms with Crippen molar-refractivity contribution < 1.29 is 19.4 Å². The van der Waals surface area contributed by atoms with Crippen LogP contribution in [0.1, 0.15) is 35.9 Å². The van der Waals surface area contributed by atoms with Gasteiger partial charge in [0.25, 0.3) is 12.1 Å². The smallest absolute Gasteiger partial charge is 0.255 e. The molecule has 0 aliphatic carbocycles.